The molecule has 0 saturated heterocycles. The Balaban J connectivity index is 2.22. The Morgan fingerprint density at radius 3 is 3.23 bits per heavy atom. The number of aromatic nitrogens is 1. The second-order valence-electron chi connectivity index (χ2n) is 2.27. The topological polar surface area (TPSA) is 30.0 Å². The summed E-state index contributed by atoms with van der Waals surface area (Å²) in [6.45, 7) is 1.57. The molecule has 0 atom stereocenters. The Hall–Kier alpha value is -0.790. The third kappa shape index (κ3) is 4.71. The molecule has 0 radical (unpaired) electrons. The molecule has 0 saturated carbocycles. The van der Waals surface area contributed by atoms with Crippen LogP contribution in [0.3, 0.4) is 0 Å². The first-order valence-electron chi connectivity index (χ1n) is 3.79. The predicted molar refractivity (Wildman–Crippen MR) is 56.7 cm³/mol. The van der Waals surface area contributed by atoms with Crippen molar-refractivity contribution < 1.29 is 4.79 Å². The molecule has 68 valence electrons. The molecular formula is C9H9NOS2. The van der Waals surface area contributed by atoms with Crippen LogP contribution in [0.25, 0.3) is 0 Å². The van der Waals surface area contributed by atoms with Crippen LogP contribution >= 0.6 is 23.1 Å². The van der Waals surface area contributed by atoms with Crippen LogP contribution in [0, 0.1) is 11.8 Å². The second kappa shape index (κ2) is 5.79. The van der Waals surface area contributed by atoms with Crippen LogP contribution in [0.15, 0.2) is 10.9 Å². The molecule has 0 unspecified atom stereocenters. The number of thioether (sulfide) groups is 1. The van der Waals surface area contributed by atoms with E-state index in [-0.39, 0.29) is 5.12 Å². The van der Waals surface area contributed by atoms with Crippen LogP contribution in [-0.4, -0.2) is 15.9 Å². The quantitative estimate of drug-likeness (QED) is 0.554. The SMILES string of the molecule is CC(=O)SCCC#Cc1cscn1. The Morgan fingerprint density at radius 1 is 1.77 bits per heavy atom. The van der Waals surface area contributed by atoms with Gasteiger partial charge in [-0.15, -0.1) is 11.3 Å². The normalized spacial score (nSPS) is 9.00. The highest BCUT2D eigenvalue weighted by molar-refractivity contribution is 8.13. The molecular weight excluding hydrogens is 202 g/mol. The van der Waals surface area contributed by atoms with E-state index in [0.717, 1.165) is 17.9 Å². The minimum absolute atomic E-state index is 0.149. The molecule has 2 nitrogen and oxygen atoms in total. The summed E-state index contributed by atoms with van der Waals surface area (Å²) in [6.07, 6.45) is 0.738. The smallest absolute Gasteiger partial charge is 0.185 e. The van der Waals surface area contributed by atoms with Crippen LogP contribution in [0.2, 0.25) is 0 Å². The van der Waals surface area contributed by atoms with Crippen molar-refractivity contribution >= 4 is 28.2 Å². The summed E-state index contributed by atoms with van der Waals surface area (Å²) in [4.78, 5) is 14.6. The van der Waals surface area contributed by atoms with E-state index in [1.807, 2.05) is 5.38 Å². The molecule has 1 aromatic heterocycles. The lowest BCUT2D eigenvalue weighted by atomic mass is 10.4. The number of hydrogen-bond acceptors (Lipinski definition) is 4. The van der Waals surface area contributed by atoms with E-state index in [2.05, 4.69) is 16.8 Å². The van der Waals surface area contributed by atoms with Crippen molar-refractivity contribution in [1.82, 2.24) is 4.98 Å². The first-order valence-corrected chi connectivity index (χ1v) is 5.72. The first kappa shape index (κ1) is 10.3. The van der Waals surface area contributed by atoms with E-state index in [1.54, 1.807) is 12.4 Å². The number of carbonyl (C=O) groups is 1. The van der Waals surface area contributed by atoms with Crippen LogP contribution in [-0.2, 0) is 4.79 Å². The van der Waals surface area contributed by atoms with Gasteiger partial charge in [0, 0.05) is 24.5 Å². The van der Waals surface area contributed by atoms with Gasteiger partial charge >= 0.3 is 0 Å². The Bertz CT molecular complexity index is 321. The molecule has 1 rings (SSSR count). The molecule has 0 aliphatic carbocycles. The number of rotatable bonds is 2. The number of thiazole rings is 1. The molecule has 13 heavy (non-hydrogen) atoms. The van der Waals surface area contributed by atoms with Gasteiger partial charge in [-0.05, 0) is 5.92 Å². The Labute approximate surface area is 85.8 Å². The summed E-state index contributed by atoms with van der Waals surface area (Å²) in [5, 5.41) is 2.06. The fourth-order valence-electron chi connectivity index (χ4n) is 0.673. The van der Waals surface area contributed by atoms with Gasteiger partial charge < -0.3 is 0 Å². The van der Waals surface area contributed by atoms with Gasteiger partial charge in [-0.3, -0.25) is 4.79 Å². The lowest BCUT2D eigenvalue weighted by Gasteiger charge is -1.87. The minimum Gasteiger partial charge on any atom is -0.288 e. The molecule has 0 spiro atoms. The molecule has 1 aromatic rings. The number of hydrogen-bond donors (Lipinski definition) is 0. The van der Waals surface area contributed by atoms with Crippen LogP contribution < -0.4 is 0 Å². The van der Waals surface area contributed by atoms with Crippen molar-refractivity contribution in [3.05, 3.63) is 16.6 Å². The van der Waals surface area contributed by atoms with Crippen molar-refractivity contribution in [2.45, 2.75) is 13.3 Å². The summed E-state index contributed by atoms with van der Waals surface area (Å²) in [7, 11) is 0. The highest BCUT2D eigenvalue weighted by Crippen LogP contribution is 2.02. The lowest BCUT2D eigenvalue weighted by molar-refractivity contribution is -0.109. The van der Waals surface area contributed by atoms with Crippen LogP contribution in [0.1, 0.15) is 19.0 Å². The summed E-state index contributed by atoms with van der Waals surface area (Å²) >= 11 is 2.84. The highest BCUT2D eigenvalue weighted by Gasteiger charge is 1.90. The summed E-state index contributed by atoms with van der Waals surface area (Å²) < 4.78 is 0. The van der Waals surface area contributed by atoms with E-state index in [0.29, 0.717) is 0 Å². The standard InChI is InChI=1S/C9H9NOS2/c1-8(11)13-5-3-2-4-9-6-12-7-10-9/h6-7H,3,5H2,1H3. The molecule has 4 heteroatoms. The van der Waals surface area contributed by atoms with Crippen LogP contribution in [0.4, 0.5) is 0 Å². The third-order valence-electron chi connectivity index (χ3n) is 1.18. The summed E-state index contributed by atoms with van der Waals surface area (Å²) in [5.74, 6) is 6.66. The maximum Gasteiger partial charge on any atom is 0.185 e. The zero-order valence-electron chi connectivity index (χ0n) is 7.24. The third-order valence-corrected chi connectivity index (χ3v) is 2.58. The van der Waals surface area contributed by atoms with Crippen molar-refractivity contribution in [3.63, 3.8) is 0 Å². The van der Waals surface area contributed by atoms with Gasteiger partial charge in [0.2, 0.25) is 0 Å². The first-order chi connectivity index (χ1) is 6.29. The Morgan fingerprint density at radius 2 is 2.62 bits per heavy atom. The molecule has 0 N–H and O–H groups in total. The minimum atomic E-state index is 0.149. The molecule has 0 aliphatic heterocycles. The maximum atomic E-state index is 10.5. The molecule has 0 bridgehead atoms. The zero-order valence-corrected chi connectivity index (χ0v) is 8.87. The van der Waals surface area contributed by atoms with E-state index in [9.17, 15) is 4.79 Å². The summed E-state index contributed by atoms with van der Waals surface area (Å²) in [5.41, 5.74) is 2.58. The van der Waals surface area contributed by atoms with Crippen LogP contribution in [0.5, 0.6) is 0 Å². The Kier molecular flexibility index (Phi) is 4.58. The van der Waals surface area contributed by atoms with Crippen molar-refractivity contribution in [1.29, 1.82) is 0 Å². The van der Waals surface area contributed by atoms with Gasteiger partial charge in [-0.25, -0.2) is 4.98 Å². The van der Waals surface area contributed by atoms with E-state index >= 15 is 0 Å². The van der Waals surface area contributed by atoms with Gasteiger partial charge in [0.15, 0.2) is 5.12 Å². The maximum absolute atomic E-state index is 10.5. The number of carbonyl (C=O) groups excluding carboxylic acids is 1. The average molecular weight is 211 g/mol. The van der Waals surface area contributed by atoms with Gasteiger partial charge in [0.25, 0.3) is 0 Å². The van der Waals surface area contributed by atoms with Crippen molar-refractivity contribution in [2.24, 2.45) is 0 Å². The van der Waals surface area contributed by atoms with E-state index in [4.69, 9.17) is 0 Å². The van der Waals surface area contributed by atoms with Crippen molar-refractivity contribution in [3.8, 4) is 11.8 Å². The lowest BCUT2D eigenvalue weighted by Crippen LogP contribution is -1.83. The average Bonchev–Trinajstić information content (AvgIpc) is 2.55. The van der Waals surface area contributed by atoms with Gasteiger partial charge in [0.1, 0.15) is 5.69 Å². The monoisotopic (exact) mass is 211 g/mol. The fraction of sp³-hybridized carbons (Fsp3) is 0.333. The molecule has 0 aliphatic rings. The van der Waals surface area contributed by atoms with E-state index in [1.165, 1.54) is 23.1 Å². The highest BCUT2D eigenvalue weighted by atomic mass is 32.2. The van der Waals surface area contributed by atoms with Gasteiger partial charge in [-0.2, -0.15) is 0 Å². The molecule has 0 amide bonds. The summed E-state index contributed by atoms with van der Waals surface area (Å²) in [6, 6.07) is 0. The van der Waals surface area contributed by atoms with Gasteiger partial charge in [-0.1, -0.05) is 17.7 Å². The molecule has 0 aromatic carbocycles. The van der Waals surface area contributed by atoms with Crippen molar-refractivity contribution in [2.75, 3.05) is 5.75 Å². The molecule has 0 fully saturated rings. The number of nitrogens with zero attached hydrogens (tertiary/aromatic N) is 1. The fourth-order valence-corrected chi connectivity index (χ4v) is 1.65. The predicted octanol–water partition coefficient (Wildman–Crippen LogP) is 2.16. The van der Waals surface area contributed by atoms with Gasteiger partial charge in [0.05, 0.1) is 5.51 Å². The van der Waals surface area contributed by atoms with E-state index < -0.39 is 0 Å². The largest absolute Gasteiger partial charge is 0.288 e. The molecule has 1 heterocycles. The second-order valence-corrected chi connectivity index (χ2v) is 4.26. The zero-order chi connectivity index (χ0) is 9.52.